The van der Waals surface area contributed by atoms with E-state index in [9.17, 15) is 0 Å². The summed E-state index contributed by atoms with van der Waals surface area (Å²) in [6, 6.07) is 17.1. The smallest absolute Gasteiger partial charge is 0.161 e. The van der Waals surface area contributed by atoms with E-state index in [1.165, 1.54) is 16.6 Å². The zero-order valence-corrected chi connectivity index (χ0v) is 18.2. The van der Waals surface area contributed by atoms with Gasteiger partial charge in [-0.15, -0.1) is 0 Å². The number of hydrogen-bond acceptors (Lipinski definition) is 5. The number of ether oxygens (including phenoxy) is 2. The molecule has 162 valence electrons. The fourth-order valence-electron chi connectivity index (χ4n) is 4.12. The van der Waals surface area contributed by atoms with Gasteiger partial charge in [0.25, 0.3) is 0 Å². The van der Waals surface area contributed by atoms with Gasteiger partial charge in [0.15, 0.2) is 11.5 Å². The maximum atomic E-state index is 5.79. The van der Waals surface area contributed by atoms with Crippen LogP contribution in [0.3, 0.4) is 0 Å². The molecule has 2 aromatic carbocycles. The molecule has 1 saturated heterocycles. The van der Waals surface area contributed by atoms with Crippen molar-refractivity contribution >= 4 is 16.6 Å². The first-order chi connectivity index (χ1) is 15.3. The molecule has 5 heteroatoms. The Morgan fingerprint density at radius 3 is 2.74 bits per heavy atom. The summed E-state index contributed by atoms with van der Waals surface area (Å²) >= 11 is 0. The molecule has 1 fully saturated rings. The highest BCUT2D eigenvalue weighted by molar-refractivity contribution is 5.90. The second-order valence-electron chi connectivity index (χ2n) is 7.88. The van der Waals surface area contributed by atoms with E-state index in [2.05, 4.69) is 58.2 Å². The molecule has 1 N–H and O–H groups in total. The van der Waals surface area contributed by atoms with Gasteiger partial charge in [0.05, 0.1) is 12.1 Å². The third-order valence-corrected chi connectivity index (χ3v) is 5.67. The summed E-state index contributed by atoms with van der Waals surface area (Å²) in [6.07, 6.45) is 5.87. The maximum Gasteiger partial charge on any atom is 0.161 e. The van der Waals surface area contributed by atoms with E-state index < -0.39 is 0 Å². The molecule has 0 bridgehead atoms. The molecule has 2 heterocycles. The monoisotopic (exact) mass is 417 g/mol. The number of hydrogen-bond donors (Lipinski definition) is 1. The summed E-state index contributed by atoms with van der Waals surface area (Å²) in [6.45, 7) is 9.87. The quantitative estimate of drug-likeness (QED) is 0.480. The van der Waals surface area contributed by atoms with E-state index in [0.29, 0.717) is 19.3 Å². The van der Waals surface area contributed by atoms with Gasteiger partial charge in [-0.1, -0.05) is 36.9 Å². The highest BCUT2D eigenvalue weighted by Crippen LogP contribution is 2.30. The van der Waals surface area contributed by atoms with Crippen LogP contribution in [-0.2, 0) is 6.54 Å². The summed E-state index contributed by atoms with van der Waals surface area (Å²) in [4.78, 5) is 6.98. The molecule has 0 amide bonds. The SMILES string of the molecule is C=CCOc1ccc(CN2CCC(Nc3ccnc4ccccc34)CC2)cc1OCC. The molecule has 0 radical (unpaired) electrons. The number of anilines is 1. The first-order valence-electron chi connectivity index (χ1n) is 11.1. The molecule has 1 aliphatic rings. The van der Waals surface area contributed by atoms with Gasteiger partial charge in [-0.25, -0.2) is 0 Å². The van der Waals surface area contributed by atoms with Gasteiger partial charge in [-0.05, 0) is 49.6 Å². The van der Waals surface area contributed by atoms with Crippen molar-refractivity contribution in [2.24, 2.45) is 0 Å². The Labute approximate surface area is 184 Å². The number of benzene rings is 2. The first-order valence-corrected chi connectivity index (χ1v) is 11.1. The molecule has 0 aliphatic carbocycles. The van der Waals surface area contributed by atoms with Crippen LogP contribution in [0.4, 0.5) is 5.69 Å². The lowest BCUT2D eigenvalue weighted by atomic mass is 10.0. The van der Waals surface area contributed by atoms with Gasteiger partial charge in [0.2, 0.25) is 0 Å². The Morgan fingerprint density at radius 2 is 1.94 bits per heavy atom. The number of rotatable bonds is 9. The van der Waals surface area contributed by atoms with Gasteiger partial charge in [0.1, 0.15) is 6.61 Å². The molecule has 1 aliphatic heterocycles. The summed E-state index contributed by atoms with van der Waals surface area (Å²) in [7, 11) is 0. The zero-order chi connectivity index (χ0) is 21.5. The molecular formula is C26H31N3O2. The summed E-state index contributed by atoms with van der Waals surface area (Å²) in [5, 5.41) is 4.94. The van der Waals surface area contributed by atoms with Crippen molar-refractivity contribution < 1.29 is 9.47 Å². The summed E-state index contributed by atoms with van der Waals surface area (Å²) in [5.41, 5.74) is 3.47. The number of nitrogens with one attached hydrogen (secondary N) is 1. The molecule has 0 saturated carbocycles. The van der Waals surface area contributed by atoms with Crippen LogP contribution in [-0.4, -0.2) is 42.2 Å². The minimum atomic E-state index is 0.479. The standard InChI is InChI=1S/C26H31N3O2/c1-3-17-31-25-10-9-20(18-26(25)30-4-2)19-29-15-12-21(13-16-29)28-24-11-14-27-23-8-6-5-7-22(23)24/h3,5-11,14,18,21H,1,4,12-13,15-17,19H2,2H3,(H,27,28). The van der Waals surface area contributed by atoms with Crippen LogP contribution in [0.15, 0.2) is 67.4 Å². The number of piperidine rings is 1. The topological polar surface area (TPSA) is 46.6 Å². The number of likely N-dealkylation sites (tertiary alicyclic amines) is 1. The number of fused-ring (bicyclic) bond motifs is 1. The number of pyridine rings is 1. The highest BCUT2D eigenvalue weighted by atomic mass is 16.5. The van der Waals surface area contributed by atoms with Crippen molar-refractivity contribution in [1.82, 2.24) is 9.88 Å². The average molecular weight is 418 g/mol. The molecular weight excluding hydrogens is 386 g/mol. The zero-order valence-electron chi connectivity index (χ0n) is 18.2. The number of para-hydroxylation sites is 1. The van der Waals surface area contributed by atoms with Crippen LogP contribution in [0, 0.1) is 0 Å². The van der Waals surface area contributed by atoms with Crippen LogP contribution < -0.4 is 14.8 Å². The Morgan fingerprint density at radius 1 is 1.10 bits per heavy atom. The van der Waals surface area contributed by atoms with Gasteiger partial charge in [-0.2, -0.15) is 0 Å². The fourth-order valence-corrected chi connectivity index (χ4v) is 4.12. The summed E-state index contributed by atoms with van der Waals surface area (Å²) in [5.74, 6) is 1.58. The minimum Gasteiger partial charge on any atom is -0.490 e. The Hall–Kier alpha value is -3.05. The van der Waals surface area contributed by atoms with Crippen molar-refractivity contribution in [3.63, 3.8) is 0 Å². The van der Waals surface area contributed by atoms with Crippen LogP contribution in [0.5, 0.6) is 11.5 Å². The van der Waals surface area contributed by atoms with Crippen molar-refractivity contribution in [2.45, 2.75) is 32.4 Å². The average Bonchev–Trinajstić information content (AvgIpc) is 2.80. The van der Waals surface area contributed by atoms with Crippen LogP contribution in [0.1, 0.15) is 25.3 Å². The van der Waals surface area contributed by atoms with E-state index in [1.54, 1.807) is 6.08 Å². The minimum absolute atomic E-state index is 0.479. The number of aromatic nitrogens is 1. The van der Waals surface area contributed by atoms with Gasteiger partial charge >= 0.3 is 0 Å². The van der Waals surface area contributed by atoms with Crippen LogP contribution in [0.25, 0.3) is 10.9 Å². The van der Waals surface area contributed by atoms with E-state index >= 15 is 0 Å². The van der Waals surface area contributed by atoms with E-state index in [-0.39, 0.29) is 0 Å². The Kier molecular flexibility index (Phi) is 7.05. The molecule has 31 heavy (non-hydrogen) atoms. The van der Waals surface area contributed by atoms with Crippen molar-refractivity contribution in [1.29, 1.82) is 0 Å². The third-order valence-electron chi connectivity index (χ3n) is 5.67. The molecule has 3 aromatic rings. The summed E-state index contributed by atoms with van der Waals surface area (Å²) < 4.78 is 11.5. The highest BCUT2D eigenvalue weighted by Gasteiger charge is 2.20. The predicted octanol–water partition coefficient (Wildman–Crippen LogP) is 5.27. The largest absolute Gasteiger partial charge is 0.490 e. The van der Waals surface area contributed by atoms with Gasteiger partial charge in [-0.3, -0.25) is 9.88 Å². The first kappa shape index (κ1) is 21.2. The molecule has 1 aromatic heterocycles. The van der Waals surface area contributed by atoms with Crippen molar-refractivity contribution in [3.8, 4) is 11.5 Å². The van der Waals surface area contributed by atoms with E-state index in [4.69, 9.17) is 9.47 Å². The van der Waals surface area contributed by atoms with Crippen molar-refractivity contribution in [3.05, 3.63) is 72.9 Å². The molecule has 4 rings (SSSR count). The Bertz CT molecular complexity index is 1010. The lowest BCUT2D eigenvalue weighted by molar-refractivity contribution is 0.211. The fraction of sp³-hybridized carbons (Fsp3) is 0.346. The van der Waals surface area contributed by atoms with E-state index in [0.717, 1.165) is 49.5 Å². The number of nitrogens with zero attached hydrogens (tertiary/aromatic N) is 2. The molecule has 5 nitrogen and oxygen atoms in total. The normalized spacial score (nSPS) is 15.0. The van der Waals surface area contributed by atoms with Crippen LogP contribution >= 0.6 is 0 Å². The van der Waals surface area contributed by atoms with Gasteiger partial charge in [0, 0.05) is 42.9 Å². The van der Waals surface area contributed by atoms with Gasteiger partial charge < -0.3 is 14.8 Å². The van der Waals surface area contributed by atoms with E-state index in [1.807, 2.05) is 25.3 Å². The Balaban J connectivity index is 1.34. The lowest BCUT2D eigenvalue weighted by Crippen LogP contribution is -2.38. The van der Waals surface area contributed by atoms with Crippen molar-refractivity contribution in [2.75, 3.05) is 31.6 Å². The molecule has 0 spiro atoms. The molecule has 0 atom stereocenters. The third kappa shape index (κ3) is 5.36. The van der Waals surface area contributed by atoms with Crippen LogP contribution in [0.2, 0.25) is 0 Å². The second-order valence-corrected chi connectivity index (χ2v) is 7.88. The second kappa shape index (κ2) is 10.3. The molecule has 0 unspecified atom stereocenters. The predicted molar refractivity (Wildman–Crippen MR) is 127 cm³/mol. The maximum absolute atomic E-state index is 5.79. The lowest BCUT2D eigenvalue weighted by Gasteiger charge is -2.33.